The van der Waals surface area contributed by atoms with Crippen LogP contribution >= 0.6 is 11.6 Å². The maximum atomic E-state index is 14.7. The number of aromatic carboxylic acids is 1. The summed E-state index contributed by atoms with van der Waals surface area (Å²) in [7, 11) is -0.120. The Morgan fingerprint density at radius 2 is 1.70 bits per heavy atom. The van der Waals surface area contributed by atoms with Crippen molar-refractivity contribution in [3.63, 3.8) is 0 Å². The Balaban J connectivity index is 1.29. The molecule has 3 aromatic rings. The highest BCUT2D eigenvalue weighted by Crippen LogP contribution is 2.42. The van der Waals surface area contributed by atoms with Gasteiger partial charge in [0.05, 0.1) is 22.6 Å². The van der Waals surface area contributed by atoms with Gasteiger partial charge < -0.3 is 50.6 Å². The molecule has 57 heavy (non-hydrogen) atoms. The molecule has 0 aliphatic carbocycles. The molecule has 5 amide bonds. The summed E-state index contributed by atoms with van der Waals surface area (Å²) in [6.07, 6.45) is -0.124. The van der Waals surface area contributed by atoms with Gasteiger partial charge in [0.1, 0.15) is 17.1 Å². The molecule has 0 aromatic heterocycles. The highest BCUT2D eigenvalue weighted by molar-refractivity contribution is 6.48. The molecule has 3 aromatic carbocycles. The third kappa shape index (κ3) is 8.31. The van der Waals surface area contributed by atoms with E-state index < -0.39 is 123 Å². The fraction of sp³-hybridized carbons (Fsp3) is 0.265. The lowest BCUT2D eigenvalue weighted by Crippen LogP contribution is -2.59. The fourth-order valence-electron chi connectivity index (χ4n) is 6.07. The molecule has 1 fully saturated rings. The molecule has 0 saturated carbocycles. The number of nitrogens with one attached hydrogen (secondary N) is 3. The number of hydrogen-bond acceptors (Lipinski definition) is 11. The van der Waals surface area contributed by atoms with Crippen LogP contribution < -0.4 is 20.6 Å². The first-order valence-corrected chi connectivity index (χ1v) is 16.9. The molecule has 0 spiro atoms. The summed E-state index contributed by atoms with van der Waals surface area (Å²) in [5, 5.41) is 45.9. The van der Waals surface area contributed by atoms with Crippen molar-refractivity contribution in [2.24, 2.45) is 0 Å². The quantitative estimate of drug-likeness (QED) is 0.0350. The monoisotopic (exact) mass is 825 g/mol. The van der Waals surface area contributed by atoms with Crippen LogP contribution in [0.2, 0.25) is 5.02 Å². The normalized spacial score (nSPS) is 15.8. The number of halogens is 6. The maximum Gasteiger partial charge on any atom is 0.549 e. The van der Waals surface area contributed by atoms with Crippen LogP contribution in [0.4, 0.5) is 26.7 Å². The molecule has 2 atom stereocenters. The molecule has 1 saturated heterocycles. The summed E-state index contributed by atoms with van der Waals surface area (Å²) in [4.78, 5) is 65.3. The number of nitrogens with zero attached hydrogens (tertiary/aromatic N) is 2. The Bertz CT molecular complexity index is 2200. The standard InChI is InChI=1S/C34H30BClF5N5O11/c1-13(43-20-10-14-4-5-17(37)21(33(53)54)29(14)57-35(20)56-2)25(15-11-19(39)26(47)27(48)22(15)36)44-34(55)46-9-8-45(31(51)32(46)52)7-3-6-42-30(50)16-12-18(38)24(41)28(49)23(16)40/h4-5,11-12,20,25,43,47-49H,1,3,6-10H2,2H3,(H,42,50)(H,44,55)(H,53,54). The SMILES string of the molecule is C=C(NC1Cc2ccc(F)c(C(=O)O)c2OB1OC)C(NC(=O)N1CCN(CCCNC(=O)c2cc(F)c(F)c(O)c2F)C(=O)C1=O)c1cc(F)c(O)c(O)c1Cl. The Hall–Kier alpha value is -6.29. The van der Waals surface area contributed by atoms with E-state index in [4.69, 9.17) is 20.9 Å². The number of piperazine rings is 1. The van der Waals surface area contributed by atoms with Crippen molar-refractivity contribution in [2.45, 2.75) is 24.8 Å². The van der Waals surface area contributed by atoms with E-state index in [0.29, 0.717) is 11.0 Å². The number of fused-ring (bicyclic) bond motifs is 1. The van der Waals surface area contributed by atoms with Crippen LogP contribution in [0.25, 0.3) is 0 Å². The number of amides is 5. The molecular weight excluding hydrogens is 796 g/mol. The number of carboxylic acids is 1. The minimum absolute atomic E-state index is 0.0411. The number of phenols is 3. The molecular formula is C34H30BClF5N5O11. The number of benzene rings is 3. The molecule has 23 heteroatoms. The summed E-state index contributed by atoms with van der Waals surface area (Å²) >= 11 is 6.25. The van der Waals surface area contributed by atoms with Crippen LogP contribution in [0.3, 0.4) is 0 Å². The first-order valence-electron chi connectivity index (χ1n) is 16.5. The van der Waals surface area contributed by atoms with Crippen LogP contribution in [-0.2, 0) is 20.7 Å². The number of aromatic hydroxyl groups is 3. The molecule has 2 aliphatic heterocycles. The van der Waals surface area contributed by atoms with Crippen molar-refractivity contribution in [3.05, 3.63) is 92.9 Å². The van der Waals surface area contributed by atoms with E-state index in [9.17, 15) is 66.4 Å². The van der Waals surface area contributed by atoms with Crippen LogP contribution in [0, 0.1) is 29.1 Å². The van der Waals surface area contributed by atoms with Gasteiger partial charge in [-0.05, 0) is 36.6 Å². The molecule has 7 N–H and O–H groups in total. The highest BCUT2D eigenvalue weighted by atomic mass is 35.5. The minimum Gasteiger partial charge on any atom is -0.534 e. The van der Waals surface area contributed by atoms with E-state index in [2.05, 4.69) is 22.5 Å². The molecule has 0 bridgehead atoms. The van der Waals surface area contributed by atoms with Crippen LogP contribution in [-0.4, -0.2) is 106 Å². The average Bonchev–Trinajstić information content (AvgIpc) is 3.17. The second-order valence-electron chi connectivity index (χ2n) is 12.5. The Kier molecular flexibility index (Phi) is 12.4. The van der Waals surface area contributed by atoms with Crippen molar-refractivity contribution in [1.29, 1.82) is 0 Å². The molecule has 2 aliphatic rings. The van der Waals surface area contributed by atoms with Crippen molar-refractivity contribution in [1.82, 2.24) is 25.8 Å². The smallest absolute Gasteiger partial charge is 0.534 e. The molecule has 2 heterocycles. The number of phenolic OH excluding ortho intramolecular Hbond substituents is 3. The molecule has 16 nitrogen and oxygen atoms in total. The number of carboxylic acid groups (broad SMARTS) is 1. The van der Waals surface area contributed by atoms with Gasteiger partial charge in [0.15, 0.2) is 34.7 Å². The van der Waals surface area contributed by atoms with E-state index in [-0.39, 0.29) is 55.6 Å². The fourth-order valence-corrected chi connectivity index (χ4v) is 6.32. The second kappa shape index (κ2) is 16.8. The van der Waals surface area contributed by atoms with E-state index >= 15 is 0 Å². The summed E-state index contributed by atoms with van der Waals surface area (Å²) in [6.45, 7) is 2.81. The van der Waals surface area contributed by atoms with Gasteiger partial charge in [-0.1, -0.05) is 24.2 Å². The number of carbonyl (C=O) groups excluding carboxylic acids is 4. The van der Waals surface area contributed by atoms with E-state index in [0.717, 1.165) is 11.0 Å². The second-order valence-corrected chi connectivity index (χ2v) is 12.9. The number of rotatable bonds is 12. The van der Waals surface area contributed by atoms with Gasteiger partial charge in [-0.15, -0.1) is 0 Å². The summed E-state index contributed by atoms with van der Waals surface area (Å²) in [5.74, 6) is -18.3. The first kappa shape index (κ1) is 41.9. The summed E-state index contributed by atoms with van der Waals surface area (Å²) in [6, 6.07) is 0.220. The zero-order valence-corrected chi connectivity index (χ0v) is 30.1. The van der Waals surface area contributed by atoms with E-state index in [1.54, 1.807) is 0 Å². The highest BCUT2D eigenvalue weighted by Gasteiger charge is 2.42. The molecule has 302 valence electrons. The number of carbonyl (C=O) groups is 5. The van der Waals surface area contributed by atoms with Gasteiger partial charge in [0, 0.05) is 44.5 Å². The summed E-state index contributed by atoms with van der Waals surface area (Å²) in [5.41, 5.74) is -2.12. The number of imide groups is 1. The van der Waals surface area contributed by atoms with Crippen molar-refractivity contribution in [3.8, 4) is 23.0 Å². The van der Waals surface area contributed by atoms with Gasteiger partial charge >= 0.3 is 30.9 Å². The minimum atomic E-state index is -1.88. The van der Waals surface area contributed by atoms with Crippen molar-refractivity contribution < 1.29 is 75.7 Å². The lowest BCUT2D eigenvalue weighted by atomic mass is 9.71. The van der Waals surface area contributed by atoms with Gasteiger partial charge in [0.25, 0.3) is 5.91 Å². The van der Waals surface area contributed by atoms with Gasteiger partial charge in [-0.2, -0.15) is 4.39 Å². The molecule has 2 unspecified atom stereocenters. The Morgan fingerprint density at radius 3 is 2.37 bits per heavy atom. The number of urea groups is 1. The first-order chi connectivity index (χ1) is 26.9. The van der Waals surface area contributed by atoms with E-state index in [1.165, 1.54) is 13.2 Å². The lowest BCUT2D eigenvalue weighted by molar-refractivity contribution is -0.153. The third-order valence-electron chi connectivity index (χ3n) is 8.95. The predicted octanol–water partition coefficient (Wildman–Crippen LogP) is 2.87. The van der Waals surface area contributed by atoms with Gasteiger partial charge in [-0.3, -0.25) is 19.3 Å². The number of hydrogen-bond donors (Lipinski definition) is 7. The van der Waals surface area contributed by atoms with Crippen molar-refractivity contribution in [2.75, 3.05) is 33.3 Å². The zero-order valence-electron chi connectivity index (χ0n) is 29.3. The van der Waals surface area contributed by atoms with Crippen molar-refractivity contribution >= 4 is 48.4 Å². The predicted molar refractivity (Wildman–Crippen MR) is 186 cm³/mol. The lowest BCUT2D eigenvalue weighted by Gasteiger charge is -2.35. The summed E-state index contributed by atoms with van der Waals surface area (Å²) < 4.78 is 81.1. The maximum absolute atomic E-state index is 14.7. The van der Waals surface area contributed by atoms with Gasteiger partial charge in [-0.25, -0.2) is 27.2 Å². The van der Waals surface area contributed by atoms with Crippen LogP contribution in [0.15, 0.2) is 36.5 Å². The van der Waals surface area contributed by atoms with Crippen LogP contribution in [0.5, 0.6) is 23.0 Å². The topological polar surface area (TPSA) is 227 Å². The largest absolute Gasteiger partial charge is 0.549 e. The molecule has 0 radical (unpaired) electrons. The Labute approximate surface area is 323 Å². The average molecular weight is 826 g/mol. The third-order valence-corrected chi connectivity index (χ3v) is 9.35. The van der Waals surface area contributed by atoms with Gasteiger partial charge in [0.2, 0.25) is 5.82 Å². The zero-order chi connectivity index (χ0) is 42.0. The Morgan fingerprint density at radius 1 is 1.00 bits per heavy atom. The molecule has 5 rings (SSSR count). The van der Waals surface area contributed by atoms with E-state index in [1.807, 2.05) is 0 Å². The van der Waals surface area contributed by atoms with Crippen LogP contribution in [0.1, 0.15) is 44.3 Å².